The molecule has 0 unspecified atom stereocenters. The standard InChI is InChI=1S/C15H12F3N3/c1-9-13(21-5-3-2-4-14(21)20-9)8-19-15-11(17)6-10(16)7-12(15)18/h2-7,19H,8H2,1H3. The predicted octanol–water partition coefficient (Wildman–Crippen LogP) is 3.67. The molecule has 3 rings (SSSR count). The highest BCUT2D eigenvalue weighted by atomic mass is 19.1. The van der Waals surface area contributed by atoms with Crippen molar-refractivity contribution in [2.45, 2.75) is 13.5 Å². The minimum atomic E-state index is -0.959. The van der Waals surface area contributed by atoms with Crippen LogP contribution in [0.15, 0.2) is 36.5 Å². The van der Waals surface area contributed by atoms with E-state index in [1.165, 1.54) is 0 Å². The van der Waals surface area contributed by atoms with E-state index in [9.17, 15) is 13.2 Å². The molecule has 2 heterocycles. The lowest BCUT2D eigenvalue weighted by Crippen LogP contribution is -2.07. The van der Waals surface area contributed by atoms with Crippen LogP contribution in [0.1, 0.15) is 11.4 Å². The van der Waals surface area contributed by atoms with Crippen molar-refractivity contribution in [3.05, 3.63) is 65.4 Å². The summed E-state index contributed by atoms with van der Waals surface area (Å²) >= 11 is 0. The van der Waals surface area contributed by atoms with Gasteiger partial charge in [-0.05, 0) is 19.1 Å². The van der Waals surface area contributed by atoms with Gasteiger partial charge in [0.25, 0.3) is 0 Å². The van der Waals surface area contributed by atoms with Crippen molar-refractivity contribution in [2.75, 3.05) is 5.32 Å². The molecule has 3 aromatic rings. The lowest BCUT2D eigenvalue weighted by molar-refractivity contribution is 0.547. The van der Waals surface area contributed by atoms with E-state index in [0.717, 1.165) is 17.0 Å². The van der Waals surface area contributed by atoms with Crippen LogP contribution < -0.4 is 5.32 Å². The van der Waals surface area contributed by atoms with Gasteiger partial charge in [0.15, 0.2) is 11.6 Å². The highest BCUT2D eigenvalue weighted by Crippen LogP contribution is 2.21. The van der Waals surface area contributed by atoms with Gasteiger partial charge < -0.3 is 9.72 Å². The van der Waals surface area contributed by atoms with Crippen LogP contribution in [0.4, 0.5) is 18.9 Å². The molecule has 0 fully saturated rings. The van der Waals surface area contributed by atoms with Gasteiger partial charge in [-0.1, -0.05) is 6.07 Å². The first-order valence-corrected chi connectivity index (χ1v) is 6.37. The Balaban J connectivity index is 1.92. The van der Waals surface area contributed by atoms with E-state index >= 15 is 0 Å². The molecule has 3 nitrogen and oxygen atoms in total. The van der Waals surface area contributed by atoms with Crippen LogP contribution in [-0.2, 0) is 6.54 Å². The Kier molecular flexibility index (Phi) is 3.29. The van der Waals surface area contributed by atoms with Crippen LogP contribution in [0.2, 0.25) is 0 Å². The minimum Gasteiger partial charge on any atom is -0.375 e. The van der Waals surface area contributed by atoms with Gasteiger partial charge in [0.05, 0.1) is 17.9 Å². The zero-order chi connectivity index (χ0) is 15.0. The highest BCUT2D eigenvalue weighted by Gasteiger charge is 2.13. The number of anilines is 1. The molecule has 0 atom stereocenters. The molecule has 108 valence electrons. The fraction of sp³-hybridized carbons (Fsp3) is 0.133. The molecule has 0 amide bonds. The molecule has 2 aromatic heterocycles. The lowest BCUT2D eigenvalue weighted by Gasteiger charge is -2.09. The second-order valence-electron chi connectivity index (χ2n) is 4.67. The first-order valence-electron chi connectivity index (χ1n) is 6.37. The summed E-state index contributed by atoms with van der Waals surface area (Å²) in [4.78, 5) is 4.36. The zero-order valence-electron chi connectivity index (χ0n) is 11.2. The van der Waals surface area contributed by atoms with Gasteiger partial charge in [0.2, 0.25) is 0 Å². The monoisotopic (exact) mass is 291 g/mol. The molecule has 1 N–H and O–H groups in total. The molecule has 0 saturated heterocycles. The van der Waals surface area contributed by atoms with Gasteiger partial charge in [-0.3, -0.25) is 0 Å². The van der Waals surface area contributed by atoms with Crippen LogP contribution in [0.5, 0.6) is 0 Å². The van der Waals surface area contributed by atoms with E-state index < -0.39 is 17.5 Å². The molecule has 21 heavy (non-hydrogen) atoms. The van der Waals surface area contributed by atoms with Crippen molar-refractivity contribution in [1.29, 1.82) is 0 Å². The van der Waals surface area contributed by atoms with Crippen LogP contribution in [0, 0.1) is 24.4 Å². The number of aromatic nitrogens is 2. The number of pyridine rings is 1. The van der Waals surface area contributed by atoms with Crippen molar-refractivity contribution in [1.82, 2.24) is 9.38 Å². The number of halogens is 3. The van der Waals surface area contributed by atoms with Crippen molar-refractivity contribution < 1.29 is 13.2 Å². The van der Waals surface area contributed by atoms with E-state index in [0.29, 0.717) is 12.1 Å². The molecular formula is C15H12F3N3. The van der Waals surface area contributed by atoms with Crippen LogP contribution >= 0.6 is 0 Å². The average Bonchev–Trinajstić information content (AvgIpc) is 2.73. The van der Waals surface area contributed by atoms with E-state index in [-0.39, 0.29) is 12.2 Å². The van der Waals surface area contributed by atoms with Crippen molar-refractivity contribution >= 4 is 11.3 Å². The second kappa shape index (κ2) is 5.12. The molecule has 6 heteroatoms. The summed E-state index contributed by atoms with van der Waals surface area (Å²) in [6.45, 7) is 2.00. The van der Waals surface area contributed by atoms with Crippen LogP contribution in [0.25, 0.3) is 5.65 Å². The molecule has 0 aliphatic carbocycles. The fourth-order valence-electron chi connectivity index (χ4n) is 2.26. The summed E-state index contributed by atoms with van der Waals surface area (Å²) in [5.41, 5.74) is 1.96. The number of rotatable bonds is 3. The summed E-state index contributed by atoms with van der Waals surface area (Å²) in [5.74, 6) is -2.86. The first kappa shape index (κ1) is 13.5. The fourth-order valence-corrected chi connectivity index (χ4v) is 2.26. The van der Waals surface area contributed by atoms with Gasteiger partial charge in [-0.15, -0.1) is 0 Å². The number of hydrogen-bond acceptors (Lipinski definition) is 2. The largest absolute Gasteiger partial charge is 0.375 e. The third-order valence-corrected chi connectivity index (χ3v) is 3.27. The normalized spacial score (nSPS) is 11.0. The quantitative estimate of drug-likeness (QED) is 0.797. The summed E-state index contributed by atoms with van der Waals surface area (Å²) in [5, 5.41) is 2.67. The van der Waals surface area contributed by atoms with Crippen molar-refractivity contribution in [3.8, 4) is 0 Å². The summed E-state index contributed by atoms with van der Waals surface area (Å²) < 4.78 is 41.9. The van der Waals surface area contributed by atoms with Gasteiger partial charge >= 0.3 is 0 Å². The Morgan fingerprint density at radius 2 is 1.86 bits per heavy atom. The first-order chi connectivity index (χ1) is 10.1. The van der Waals surface area contributed by atoms with E-state index in [2.05, 4.69) is 10.3 Å². The molecule has 0 aliphatic heterocycles. The Morgan fingerprint density at radius 3 is 2.57 bits per heavy atom. The second-order valence-corrected chi connectivity index (χ2v) is 4.67. The number of aryl methyl sites for hydroxylation is 1. The Bertz CT molecular complexity index is 788. The number of imidazole rings is 1. The van der Waals surface area contributed by atoms with Crippen LogP contribution in [-0.4, -0.2) is 9.38 Å². The van der Waals surface area contributed by atoms with E-state index in [1.807, 2.05) is 35.7 Å². The number of hydrogen-bond donors (Lipinski definition) is 1. The SMILES string of the molecule is Cc1nc2ccccn2c1CNc1c(F)cc(F)cc1F. The van der Waals surface area contributed by atoms with Crippen molar-refractivity contribution in [3.63, 3.8) is 0 Å². The van der Waals surface area contributed by atoms with Gasteiger partial charge in [-0.25, -0.2) is 18.2 Å². The molecule has 0 spiro atoms. The predicted molar refractivity (Wildman–Crippen MR) is 73.6 cm³/mol. The van der Waals surface area contributed by atoms with Crippen molar-refractivity contribution in [2.24, 2.45) is 0 Å². The maximum Gasteiger partial charge on any atom is 0.152 e. The van der Waals surface area contributed by atoms with Gasteiger partial charge in [-0.2, -0.15) is 0 Å². The maximum absolute atomic E-state index is 13.6. The maximum atomic E-state index is 13.6. The Labute approximate surface area is 119 Å². The summed E-state index contributed by atoms with van der Waals surface area (Å²) in [6.07, 6.45) is 1.82. The smallest absolute Gasteiger partial charge is 0.152 e. The number of benzene rings is 1. The van der Waals surface area contributed by atoms with E-state index in [4.69, 9.17) is 0 Å². The van der Waals surface area contributed by atoms with Gasteiger partial charge in [0, 0.05) is 18.3 Å². The van der Waals surface area contributed by atoms with Crippen LogP contribution in [0.3, 0.4) is 0 Å². The Hall–Kier alpha value is -2.50. The summed E-state index contributed by atoms with van der Waals surface area (Å²) in [6, 6.07) is 6.84. The third kappa shape index (κ3) is 2.44. The minimum absolute atomic E-state index is 0.177. The molecule has 0 saturated carbocycles. The zero-order valence-corrected chi connectivity index (χ0v) is 11.2. The number of nitrogens with one attached hydrogen (secondary N) is 1. The lowest BCUT2D eigenvalue weighted by atomic mass is 10.2. The number of fused-ring (bicyclic) bond motifs is 1. The highest BCUT2D eigenvalue weighted by molar-refractivity contribution is 5.48. The average molecular weight is 291 g/mol. The van der Waals surface area contributed by atoms with E-state index in [1.54, 1.807) is 0 Å². The summed E-state index contributed by atoms with van der Waals surface area (Å²) in [7, 11) is 0. The molecule has 0 aliphatic rings. The molecule has 0 bridgehead atoms. The third-order valence-electron chi connectivity index (χ3n) is 3.27. The topological polar surface area (TPSA) is 29.3 Å². The Morgan fingerprint density at radius 1 is 1.14 bits per heavy atom. The number of nitrogens with zero attached hydrogens (tertiary/aromatic N) is 2. The molecular weight excluding hydrogens is 279 g/mol. The van der Waals surface area contributed by atoms with Gasteiger partial charge in [0.1, 0.15) is 17.2 Å². The molecule has 1 aromatic carbocycles. The molecule has 0 radical (unpaired) electrons.